The second kappa shape index (κ2) is 6.14. The van der Waals surface area contributed by atoms with Crippen LogP contribution in [0.4, 0.5) is 0 Å². The Morgan fingerprint density at radius 3 is 2.63 bits per heavy atom. The van der Waals surface area contributed by atoms with Crippen LogP contribution in [0.25, 0.3) is 0 Å². The van der Waals surface area contributed by atoms with Gasteiger partial charge in [-0.1, -0.05) is 12.1 Å². The second-order valence-corrected chi connectivity index (χ2v) is 6.24. The fourth-order valence-corrected chi connectivity index (χ4v) is 2.64. The SMILES string of the molecule is COC(=O)CN(C)S(=O)(=O)c1cccc(C(C)N)c1. The highest BCUT2D eigenvalue weighted by molar-refractivity contribution is 7.89. The number of hydrogen-bond acceptors (Lipinski definition) is 5. The third-order valence-electron chi connectivity index (χ3n) is 2.67. The molecule has 1 rings (SSSR count). The molecule has 0 saturated carbocycles. The van der Waals surface area contributed by atoms with E-state index in [0.717, 1.165) is 4.31 Å². The average Bonchev–Trinajstić information content (AvgIpc) is 2.38. The van der Waals surface area contributed by atoms with Gasteiger partial charge in [-0.05, 0) is 24.6 Å². The molecule has 0 aliphatic carbocycles. The molecule has 0 bridgehead atoms. The van der Waals surface area contributed by atoms with E-state index in [2.05, 4.69) is 4.74 Å². The Labute approximate surface area is 113 Å². The largest absolute Gasteiger partial charge is 0.468 e. The van der Waals surface area contributed by atoms with Crippen molar-refractivity contribution in [3.63, 3.8) is 0 Å². The zero-order chi connectivity index (χ0) is 14.6. The van der Waals surface area contributed by atoms with Crippen LogP contribution in [0.15, 0.2) is 29.2 Å². The molecule has 1 aromatic rings. The van der Waals surface area contributed by atoms with Gasteiger partial charge < -0.3 is 10.5 Å². The maximum absolute atomic E-state index is 12.2. The summed E-state index contributed by atoms with van der Waals surface area (Å²) in [5, 5.41) is 0. The number of likely N-dealkylation sites (N-methyl/N-ethyl adjacent to an activating group) is 1. The van der Waals surface area contributed by atoms with Gasteiger partial charge in [0.15, 0.2) is 0 Å². The Morgan fingerprint density at radius 2 is 2.11 bits per heavy atom. The van der Waals surface area contributed by atoms with Crippen molar-refractivity contribution in [1.82, 2.24) is 4.31 Å². The Bertz CT molecular complexity index is 555. The number of carbonyl (C=O) groups is 1. The molecular formula is C12H18N2O4S. The summed E-state index contributed by atoms with van der Waals surface area (Å²) in [7, 11) is -1.19. The predicted octanol–water partition coefficient (Wildman–Crippen LogP) is 0.500. The lowest BCUT2D eigenvalue weighted by atomic mass is 10.1. The summed E-state index contributed by atoms with van der Waals surface area (Å²) in [6.07, 6.45) is 0. The number of ether oxygens (including phenoxy) is 1. The molecule has 0 saturated heterocycles. The highest BCUT2D eigenvalue weighted by atomic mass is 32.2. The van der Waals surface area contributed by atoms with Gasteiger partial charge in [0.25, 0.3) is 0 Å². The number of nitrogens with two attached hydrogens (primary N) is 1. The Balaban J connectivity index is 3.06. The van der Waals surface area contributed by atoms with E-state index in [-0.39, 0.29) is 17.5 Å². The highest BCUT2D eigenvalue weighted by Gasteiger charge is 2.23. The number of benzene rings is 1. The third-order valence-corrected chi connectivity index (χ3v) is 4.47. The summed E-state index contributed by atoms with van der Waals surface area (Å²) in [5.74, 6) is -0.616. The molecular weight excluding hydrogens is 268 g/mol. The number of hydrogen-bond donors (Lipinski definition) is 1. The van der Waals surface area contributed by atoms with Crippen molar-refractivity contribution in [1.29, 1.82) is 0 Å². The van der Waals surface area contributed by atoms with Gasteiger partial charge in [-0.25, -0.2) is 8.42 Å². The maximum Gasteiger partial charge on any atom is 0.321 e. The molecule has 0 heterocycles. The van der Waals surface area contributed by atoms with Crippen molar-refractivity contribution in [3.05, 3.63) is 29.8 Å². The van der Waals surface area contributed by atoms with Gasteiger partial charge in [0, 0.05) is 13.1 Å². The van der Waals surface area contributed by atoms with Crippen molar-refractivity contribution >= 4 is 16.0 Å². The molecule has 0 amide bonds. The Morgan fingerprint density at radius 1 is 1.47 bits per heavy atom. The van der Waals surface area contributed by atoms with Crippen LogP contribution < -0.4 is 5.73 Å². The van der Waals surface area contributed by atoms with Gasteiger partial charge in [0.1, 0.15) is 6.54 Å². The van der Waals surface area contributed by atoms with E-state index >= 15 is 0 Å². The number of esters is 1. The molecule has 19 heavy (non-hydrogen) atoms. The fourth-order valence-electron chi connectivity index (χ4n) is 1.47. The molecule has 7 heteroatoms. The zero-order valence-corrected chi connectivity index (χ0v) is 12.0. The van der Waals surface area contributed by atoms with Crippen molar-refractivity contribution in [3.8, 4) is 0 Å². The molecule has 0 aliphatic rings. The van der Waals surface area contributed by atoms with E-state index in [1.165, 1.54) is 26.3 Å². The number of rotatable bonds is 5. The minimum absolute atomic E-state index is 0.105. The summed E-state index contributed by atoms with van der Waals surface area (Å²) < 4.78 is 29.9. The number of nitrogens with zero attached hydrogens (tertiary/aromatic N) is 1. The van der Waals surface area contributed by atoms with Crippen LogP contribution in [0.2, 0.25) is 0 Å². The lowest BCUT2D eigenvalue weighted by Gasteiger charge is -2.16. The van der Waals surface area contributed by atoms with Crippen LogP contribution in [0.3, 0.4) is 0 Å². The Kier molecular flexibility index (Phi) is 5.04. The van der Waals surface area contributed by atoms with Crippen molar-refractivity contribution in [2.24, 2.45) is 5.73 Å². The maximum atomic E-state index is 12.2. The Hall–Kier alpha value is -1.44. The van der Waals surface area contributed by atoms with Crippen LogP contribution in [0.5, 0.6) is 0 Å². The van der Waals surface area contributed by atoms with E-state index < -0.39 is 16.0 Å². The monoisotopic (exact) mass is 286 g/mol. The smallest absolute Gasteiger partial charge is 0.321 e. The van der Waals surface area contributed by atoms with Gasteiger partial charge in [-0.15, -0.1) is 0 Å². The topological polar surface area (TPSA) is 89.7 Å². The van der Waals surface area contributed by atoms with E-state index in [9.17, 15) is 13.2 Å². The first kappa shape index (κ1) is 15.6. The molecule has 0 aromatic heterocycles. The fraction of sp³-hybridized carbons (Fsp3) is 0.417. The molecule has 0 spiro atoms. The lowest BCUT2D eigenvalue weighted by molar-refractivity contribution is -0.140. The van der Waals surface area contributed by atoms with E-state index in [0.29, 0.717) is 5.56 Å². The van der Waals surface area contributed by atoms with E-state index in [1.807, 2.05) is 0 Å². The number of methoxy groups -OCH3 is 1. The van der Waals surface area contributed by atoms with E-state index in [1.54, 1.807) is 19.1 Å². The molecule has 6 nitrogen and oxygen atoms in total. The molecule has 0 radical (unpaired) electrons. The quantitative estimate of drug-likeness (QED) is 0.796. The summed E-state index contributed by atoms with van der Waals surface area (Å²) in [6, 6.07) is 6.09. The van der Waals surface area contributed by atoms with Crippen molar-refractivity contribution < 1.29 is 17.9 Å². The molecule has 106 valence electrons. The molecule has 0 aliphatic heterocycles. The summed E-state index contributed by atoms with van der Waals surface area (Å²) in [5.41, 5.74) is 6.44. The summed E-state index contributed by atoms with van der Waals surface area (Å²) in [6.45, 7) is 1.44. The van der Waals surface area contributed by atoms with Crippen LogP contribution in [-0.2, 0) is 19.6 Å². The summed E-state index contributed by atoms with van der Waals surface area (Å²) in [4.78, 5) is 11.2. The van der Waals surface area contributed by atoms with Crippen LogP contribution in [0, 0.1) is 0 Å². The normalized spacial score (nSPS) is 13.3. The summed E-state index contributed by atoms with van der Waals surface area (Å²) >= 11 is 0. The van der Waals surface area contributed by atoms with Crippen molar-refractivity contribution in [2.45, 2.75) is 17.9 Å². The standard InChI is InChI=1S/C12H18N2O4S/c1-9(13)10-5-4-6-11(7-10)19(16,17)14(2)8-12(15)18-3/h4-7,9H,8,13H2,1-3H3. The van der Waals surface area contributed by atoms with Crippen LogP contribution in [-0.4, -0.2) is 39.4 Å². The molecule has 1 aromatic carbocycles. The average molecular weight is 286 g/mol. The van der Waals surface area contributed by atoms with Gasteiger partial charge in [-0.3, -0.25) is 4.79 Å². The third kappa shape index (κ3) is 3.76. The van der Waals surface area contributed by atoms with Crippen LogP contribution >= 0.6 is 0 Å². The predicted molar refractivity (Wildman–Crippen MR) is 70.9 cm³/mol. The number of carbonyl (C=O) groups excluding carboxylic acids is 1. The van der Waals surface area contributed by atoms with E-state index in [4.69, 9.17) is 5.73 Å². The minimum atomic E-state index is -3.72. The molecule has 2 N–H and O–H groups in total. The van der Waals surface area contributed by atoms with Gasteiger partial charge in [-0.2, -0.15) is 4.31 Å². The minimum Gasteiger partial charge on any atom is -0.468 e. The highest BCUT2D eigenvalue weighted by Crippen LogP contribution is 2.18. The van der Waals surface area contributed by atoms with Crippen molar-refractivity contribution in [2.75, 3.05) is 20.7 Å². The van der Waals surface area contributed by atoms with Crippen LogP contribution in [0.1, 0.15) is 18.5 Å². The molecule has 0 fully saturated rings. The zero-order valence-electron chi connectivity index (χ0n) is 11.2. The van der Waals surface area contributed by atoms with Gasteiger partial charge >= 0.3 is 5.97 Å². The first-order valence-electron chi connectivity index (χ1n) is 5.67. The lowest BCUT2D eigenvalue weighted by Crippen LogP contribution is -2.32. The molecule has 1 atom stereocenters. The first-order valence-corrected chi connectivity index (χ1v) is 7.11. The second-order valence-electron chi connectivity index (χ2n) is 4.20. The molecule has 1 unspecified atom stereocenters. The number of sulfonamides is 1. The first-order chi connectivity index (χ1) is 8.78. The van der Waals surface area contributed by atoms with Gasteiger partial charge in [0.05, 0.1) is 12.0 Å². The van der Waals surface area contributed by atoms with Gasteiger partial charge in [0.2, 0.25) is 10.0 Å².